The molecule has 0 saturated heterocycles. The third-order valence-corrected chi connectivity index (χ3v) is 3.31. The van der Waals surface area contributed by atoms with Crippen LogP contribution in [0.1, 0.15) is 25.8 Å². The van der Waals surface area contributed by atoms with Gasteiger partial charge in [0.2, 0.25) is 0 Å². The van der Waals surface area contributed by atoms with Gasteiger partial charge >= 0.3 is 0 Å². The highest BCUT2D eigenvalue weighted by Crippen LogP contribution is 2.25. The minimum absolute atomic E-state index is 0.0825. The van der Waals surface area contributed by atoms with Crippen LogP contribution in [0.3, 0.4) is 0 Å². The Morgan fingerprint density at radius 2 is 2.20 bits per heavy atom. The van der Waals surface area contributed by atoms with Gasteiger partial charge in [-0.3, -0.25) is 10.2 Å². The fraction of sp³-hybridized carbons (Fsp3) is 0.500. The van der Waals surface area contributed by atoms with Crippen LogP contribution in [0.15, 0.2) is 18.2 Å². The molecule has 0 aliphatic carbocycles. The Labute approximate surface area is 119 Å². The van der Waals surface area contributed by atoms with Gasteiger partial charge in [0.25, 0.3) is 5.91 Å². The molecule has 0 aliphatic heterocycles. The van der Waals surface area contributed by atoms with E-state index >= 15 is 0 Å². The molecule has 2 atom stereocenters. The first kappa shape index (κ1) is 16.3. The maximum Gasteiger partial charge on any atom is 0.251 e. The number of nitrogens with two attached hydrogens (primary N) is 1. The topological polar surface area (TPSA) is 96.6 Å². The zero-order valence-electron chi connectivity index (χ0n) is 12.1. The van der Waals surface area contributed by atoms with Crippen molar-refractivity contribution in [2.24, 2.45) is 11.7 Å². The number of amides is 1. The van der Waals surface area contributed by atoms with Crippen molar-refractivity contribution in [3.8, 4) is 11.5 Å². The predicted octanol–water partition coefficient (Wildman–Crippen LogP) is 0.895. The highest BCUT2D eigenvalue weighted by molar-refractivity contribution is 5.81. The monoisotopic (exact) mass is 281 g/mol. The second-order valence-corrected chi connectivity index (χ2v) is 4.76. The molecule has 0 bridgehead atoms. The third-order valence-electron chi connectivity index (χ3n) is 3.31. The van der Waals surface area contributed by atoms with Gasteiger partial charge < -0.3 is 15.6 Å². The molecule has 0 aliphatic rings. The first-order valence-electron chi connectivity index (χ1n) is 6.63. The molecule has 0 heterocycles. The molecule has 0 fully saturated rings. The van der Waals surface area contributed by atoms with Crippen LogP contribution >= 0.6 is 0 Å². The van der Waals surface area contributed by atoms with Crippen molar-refractivity contribution < 1.29 is 14.6 Å². The van der Waals surface area contributed by atoms with E-state index in [4.69, 9.17) is 10.5 Å². The molecular weight excluding hydrogens is 258 g/mol. The Bertz CT molecular complexity index is 451. The normalized spacial score (nSPS) is 13.6. The van der Waals surface area contributed by atoms with Crippen LogP contribution in [0.4, 0.5) is 0 Å². The van der Waals surface area contributed by atoms with Crippen molar-refractivity contribution >= 4 is 5.91 Å². The molecule has 1 aromatic rings. The Hall–Kier alpha value is -1.79. The molecule has 0 radical (unpaired) electrons. The fourth-order valence-corrected chi connectivity index (χ4v) is 1.66. The van der Waals surface area contributed by atoms with Crippen molar-refractivity contribution in [2.45, 2.75) is 32.9 Å². The number of benzene rings is 1. The first-order valence-corrected chi connectivity index (χ1v) is 6.63. The number of phenolic OH excluding ortho intramolecular Hbond substituents is 1. The minimum Gasteiger partial charge on any atom is -0.504 e. The van der Waals surface area contributed by atoms with E-state index in [9.17, 15) is 9.90 Å². The molecule has 20 heavy (non-hydrogen) atoms. The molecule has 6 heteroatoms. The van der Waals surface area contributed by atoms with E-state index in [0.29, 0.717) is 12.3 Å². The lowest BCUT2D eigenvalue weighted by molar-refractivity contribution is -0.124. The molecule has 1 rings (SSSR count). The largest absolute Gasteiger partial charge is 0.504 e. The van der Waals surface area contributed by atoms with Crippen LogP contribution in [-0.4, -0.2) is 24.2 Å². The molecule has 6 nitrogen and oxygen atoms in total. The Morgan fingerprint density at radius 1 is 1.50 bits per heavy atom. The maximum absolute atomic E-state index is 11.7. The number of hydrogen-bond donors (Lipinski definition) is 4. The Balaban J connectivity index is 2.46. The van der Waals surface area contributed by atoms with E-state index < -0.39 is 6.04 Å². The van der Waals surface area contributed by atoms with Crippen LogP contribution in [0, 0.1) is 5.92 Å². The summed E-state index contributed by atoms with van der Waals surface area (Å²) >= 11 is 0. The number of aromatic hydroxyl groups is 1. The van der Waals surface area contributed by atoms with Crippen molar-refractivity contribution in [1.29, 1.82) is 0 Å². The highest BCUT2D eigenvalue weighted by atomic mass is 16.5. The SMILES string of the molecule is CCC(C)[C@H](N)C(=O)NNCc1ccc(O)c(OC)c1. The average Bonchev–Trinajstić information content (AvgIpc) is 2.47. The van der Waals surface area contributed by atoms with Gasteiger partial charge in [-0.25, -0.2) is 5.43 Å². The lowest BCUT2D eigenvalue weighted by atomic mass is 10.00. The lowest BCUT2D eigenvalue weighted by Crippen LogP contribution is -2.49. The number of hydrogen-bond acceptors (Lipinski definition) is 5. The number of carbonyl (C=O) groups is 1. The summed E-state index contributed by atoms with van der Waals surface area (Å²) in [5.74, 6) is 0.377. The van der Waals surface area contributed by atoms with Gasteiger partial charge in [0, 0.05) is 6.54 Å². The summed E-state index contributed by atoms with van der Waals surface area (Å²) in [6.07, 6.45) is 0.851. The van der Waals surface area contributed by atoms with Gasteiger partial charge in [-0.2, -0.15) is 0 Å². The van der Waals surface area contributed by atoms with E-state index in [0.717, 1.165) is 12.0 Å². The number of phenols is 1. The highest BCUT2D eigenvalue weighted by Gasteiger charge is 2.18. The molecular formula is C14H23N3O3. The van der Waals surface area contributed by atoms with E-state index in [1.54, 1.807) is 18.2 Å². The van der Waals surface area contributed by atoms with E-state index in [-0.39, 0.29) is 17.6 Å². The van der Waals surface area contributed by atoms with Gasteiger partial charge in [-0.05, 0) is 23.6 Å². The van der Waals surface area contributed by atoms with Gasteiger partial charge in [0.05, 0.1) is 13.2 Å². The van der Waals surface area contributed by atoms with Crippen molar-refractivity contribution in [3.63, 3.8) is 0 Å². The van der Waals surface area contributed by atoms with Crippen LogP contribution < -0.4 is 21.3 Å². The zero-order valence-corrected chi connectivity index (χ0v) is 12.1. The summed E-state index contributed by atoms with van der Waals surface area (Å²) in [6.45, 7) is 4.35. The average molecular weight is 281 g/mol. The molecule has 0 saturated carbocycles. The summed E-state index contributed by atoms with van der Waals surface area (Å²) < 4.78 is 5.01. The van der Waals surface area contributed by atoms with Crippen molar-refractivity contribution in [3.05, 3.63) is 23.8 Å². The summed E-state index contributed by atoms with van der Waals surface area (Å²) in [6, 6.07) is 4.46. The van der Waals surface area contributed by atoms with Crippen molar-refractivity contribution in [2.75, 3.05) is 7.11 Å². The van der Waals surface area contributed by atoms with E-state index in [2.05, 4.69) is 10.9 Å². The summed E-state index contributed by atoms with van der Waals surface area (Å²) in [7, 11) is 1.49. The molecule has 5 N–H and O–H groups in total. The Morgan fingerprint density at radius 3 is 2.80 bits per heavy atom. The first-order chi connectivity index (χ1) is 9.49. The minimum atomic E-state index is -0.526. The number of hydrazine groups is 1. The Kier molecular flexibility index (Phi) is 6.27. The number of ether oxygens (including phenoxy) is 1. The summed E-state index contributed by atoms with van der Waals surface area (Å²) in [4.78, 5) is 11.7. The van der Waals surface area contributed by atoms with E-state index in [1.807, 2.05) is 13.8 Å². The van der Waals surface area contributed by atoms with Crippen LogP contribution in [0.25, 0.3) is 0 Å². The predicted molar refractivity (Wildman–Crippen MR) is 77.1 cm³/mol. The van der Waals surface area contributed by atoms with Gasteiger partial charge in [0.1, 0.15) is 0 Å². The number of nitrogens with one attached hydrogen (secondary N) is 2. The second kappa shape index (κ2) is 7.72. The van der Waals surface area contributed by atoms with Crippen LogP contribution in [-0.2, 0) is 11.3 Å². The van der Waals surface area contributed by atoms with Gasteiger partial charge in [-0.15, -0.1) is 0 Å². The van der Waals surface area contributed by atoms with Crippen molar-refractivity contribution in [1.82, 2.24) is 10.9 Å². The smallest absolute Gasteiger partial charge is 0.251 e. The summed E-state index contributed by atoms with van der Waals surface area (Å²) in [5.41, 5.74) is 12.1. The molecule has 1 aromatic carbocycles. The molecule has 112 valence electrons. The number of carbonyl (C=O) groups excluding carboxylic acids is 1. The second-order valence-electron chi connectivity index (χ2n) is 4.76. The zero-order chi connectivity index (χ0) is 15.1. The van der Waals surface area contributed by atoms with Crippen LogP contribution in [0.5, 0.6) is 11.5 Å². The van der Waals surface area contributed by atoms with Crippen LogP contribution in [0.2, 0.25) is 0 Å². The molecule has 0 aromatic heterocycles. The quantitative estimate of drug-likeness (QED) is 0.557. The fourth-order valence-electron chi connectivity index (χ4n) is 1.66. The molecule has 1 unspecified atom stereocenters. The standard InChI is InChI=1S/C14H23N3O3/c1-4-9(2)13(15)14(19)17-16-8-10-5-6-11(18)12(7-10)20-3/h5-7,9,13,16,18H,4,8,15H2,1-3H3,(H,17,19)/t9?,13-/m0/s1. The maximum atomic E-state index is 11.7. The lowest BCUT2D eigenvalue weighted by Gasteiger charge is -2.18. The molecule has 0 spiro atoms. The third kappa shape index (κ3) is 4.40. The number of methoxy groups -OCH3 is 1. The summed E-state index contributed by atoms with van der Waals surface area (Å²) in [5, 5.41) is 9.48. The number of rotatable bonds is 7. The van der Waals surface area contributed by atoms with Gasteiger partial charge in [0.15, 0.2) is 11.5 Å². The van der Waals surface area contributed by atoms with Gasteiger partial charge in [-0.1, -0.05) is 26.3 Å². The molecule has 1 amide bonds. The van der Waals surface area contributed by atoms with E-state index in [1.165, 1.54) is 7.11 Å².